The zero-order valence-electron chi connectivity index (χ0n) is 10.7. The summed E-state index contributed by atoms with van der Waals surface area (Å²) in [6.45, 7) is 13.3. The Morgan fingerprint density at radius 3 is 2.40 bits per heavy atom. The van der Waals surface area contributed by atoms with Crippen LogP contribution in [-0.4, -0.2) is 46.9 Å². The van der Waals surface area contributed by atoms with Gasteiger partial charge in [0.1, 0.15) is 0 Å². The third-order valence-electron chi connectivity index (χ3n) is 3.53. The average molecular weight is 212 g/mol. The SMILES string of the molecule is CCC(C)N1CCN(C(C)=O)C(C)(C)C1. The molecule has 1 amide bonds. The van der Waals surface area contributed by atoms with Crippen molar-refractivity contribution >= 4 is 5.91 Å². The molecule has 3 heteroatoms. The van der Waals surface area contributed by atoms with Crippen LogP contribution in [0.1, 0.15) is 41.0 Å². The summed E-state index contributed by atoms with van der Waals surface area (Å²) in [5.74, 6) is 0.198. The molecule has 0 saturated carbocycles. The second kappa shape index (κ2) is 4.52. The summed E-state index contributed by atoms with van der Waals surface area (Å²) >= 11 is 0. The predicted octanol–water partition coefficient (Wildman–Crippen LogP) is 1.73. The minimum Gasteiger partial charge on any atom is -0.335 e. The molecule has 0 aromatic rings. The standard InChI is InChI=1S/C12H24N2O/c1-6-10(2)13-7-8-14(11(3)15)12(4,5)9-13/h10H,6-9H2,1-5H3. The molecule has 0 aromatic carbocycles. The summed E-state index contributed by atoms with van der Waals surface area (Å²) in [6.07, 6.45) is 1.18. The highest BCUT2D eigenvalue weighted by Gasteiger charge is 2.36. The molecule has 1 unspecified atom stereocenters. The van der Waals surface area contributed by atoms with Crippen molar-refractivity contribution in [1.82, 2.24) is 9.80 Å². The van der Waals surface area contributed by atoms with Crippen LogP contribution in [0, 0.1) is 0 Å². The van der Waals surface area contributed by atoms with Crippen molar-refractivity contribution in [3.63, 3.8) is 0 Å². The molecule has 1 fully saturated rings. The summed E-state index contributed by atoms with van der Waals surface area (Å²) in [5.41, 5.74) is -0.0203. The van der Waals surface area contributed by atoms with E-state index in [9.17, 15) is 4.79 Å². The molecule has 1 saturated heterocycles. The van der Waals surface area contributed by atoms with Gasteiger partial charge in [0.25, 0.3) is 0 Å². The third-order valence-corrected chi connectivity index (χ3v) is 3.53. The monoisotopic (exact) mass is 212 g/mol. The summed E-state index contributed by atoms with van der Waals surface area (Å²) in [4.78, 5) is 15.9. The predicted molar refractivity (Wildman–Crippen MR) is 62.8 cm³/mol. The fourth-order valence-corrected chi connectivity index (χ4v) is 2.41. The Kier molecular flexibility index (Phi) is 3.77. The van der Waals surface area contributed by atoms with Crippen molar-refractivity contribution in [2.75, 3.05) is 19.6 Å². The highest BCUT2D eigenvalue weighted by molar-refractivity contribution is 5.74. The maximum Gasteiger partial charge on any atom is 0.219 e. The first kappa shape index (κ1) is 12.5. The van der Waals surface area contributed by atoms with Crippen LogP contribution in [0.15, 0.2) is 0 Å². The van der Waals surface area contributed by atoms with Gasteiger partial charge < -0.3 is 4.90 Å². The van der Waals surface area contributed by atoms with Gasteiger partial charge in [0.05, 0.1) is 0 Å². The first-order chi connectivity index (χ1) is 6.88. The van der Waals surface area contributed by atoms with Crippen molar-refractivity contribution < 1.29 is 4.79 Å². The van der Waals surface area contributed by atoms with Crippen LogP contribution in [0.5, 0.6) is 0 Å². The molecule has 1 aliphatic rings. The third kappa shape index (κ3) is 2.71. The molecule has 1 heterocycles. The van der Waals surface area contributed by atoms with Crippen LogP contribution >= 0.6 is 0 Å². The maximum atomic E-state index is 11.5. The lowest BCUT2D eigenvalue weighted by atomic mass is 9.97. The molecular formula is C12H24N2O. The molecule has 0 radical (unpaired) electrons. The van der Waals surface area contributed by atoms with Crippen LogP contribution in [0.25, 0.3) is 0 Å². The number of carbonyl (C=O) groups excluding carboxylic acids is 1. The molecule has 0 spiro atoms. The number of nitrogens with zero attached hydrogens (tertiary/aromatic N) is 2. The van der Waals surface area contributed by atoms with E-state index in [0.29, 0.717) is 6.04 Å². The van der Waals surface area contributed by atoms with E-state index < -0.39 is 0 Å². The Morgan fingerprint density at radius 1 is 1.40 bits per heavy atom. The molecule has 1 aliphatic heterocycles. The Hall–Kier alpha value is -0.570. The molecule has 0 aromatic heterocycles. The molecule has 15 heavy (non-hydrogen) atoms. The van der Waals surface area contributed by atoms with Gasteiger partial charge in [-0.1, -0.05) is 6.92 Å². The van der Waals surface area contributed by atoms with Gasteiger partial charge in [-0.05, 0) is 27.2 Å². The van der Waals surface area contributed by atoms with Crippen molar-refractivity contribution in [1.29, 1.82) is 0 Å². The summed E-state index contributed by atoms with van der Waals surface area (Å²) < 4.78 is 0. The molecule has 3 nitrogen and oxygen atoms in total. The van der Waals surface area contributed by atoms with Gasteiger partial charge in [0.2, 0.25) is 5.91 Å². The van der Waals surface area contributed by atoms with Crippen LogP contribution in [0.3, 0.4) is 0 Å². The van der Waals surface area contributed by atoms with Gasteiger partial charge in [-0.25, -0.2) is 0 Å². The van der Waals surface area contributed by atoms with Gasteiger partial charge in [-0.15, -0.1) is 0 Å². The van der Waals surface area contributed by atoms with E-state index in [1.165, 1.54) is 6.42 Å². The Balaban J connectivity index is 2.68. The second-order valence-electron chi connectivity index (χ2n) is 5.21. The summed E-state index contributed by atoms with van der Waals surface area (Å²) in [5, 5.41) is 0. The number of amides is 1. The van der Waals surface area contributed by atoms with Gasteiger partial charge in [0, 0.05) is 38.1 Å². The molecule has 1 rings (SSSR count). The van der Waals surface area contributed by atoms with Crippen molar-refractivity contribution in [3.8, 4) is 0 Å². The van der Waals surface area contributed by atoms with E-state index in [-0.39, 0.29) is 11.4 Å². The highest BCUT2D eigenvalue weighted by atomic mass is 16.2. The minimum absolute atomic E-state index is 0.0203. The lowest BCUT2D eigenvalue weighted by Crippen LogP contribution is -2.61. The number of carbonyl (C=O) groups is 1. The molecule has 0 bridgehead atoms. The van der Waals surface area contributed by atoms with Gasteiger partial charge in [0.15, 0.2) is 0 Å². The number of hydrogen-bond acceptors (Lipinski definition) is 2. The van der Waals surface area contributed by atoms with E-state index >= 15 is 0 Å². The Morgan fingerprint density at radius 2 is 2.00 bits per heavy atom. The lowest BCUT2D eigenvalue weighted by molar-refractivity contribution is -0.138. The minimum atomic E-state index is -0.0203. The fourth-order valence-electron chi connectivity index (χ4n) is 2.41. The molecular weight excluding hydrogens is 188 g/mol. The van der Waals surface area contributed by atoms with Gasteiger partial charge in [-0.2, -0.15) is 0 Å². The van der Waals surface area contributed by atoms with Crippen LogP contribution in [0.2, 0.25) is 0 Å². The topological polar surface area (TPSA) is 23.6 Å². The van der Waals surface area contributed by atoms with Crippen LogP contribution in [0.4, 0.5) is 0 Å². The quantitative estimate of drug-likeness (QED) is 0.696. The van der Waals surface area contributed by atoms with Crippen LogP contribution < -0.4 is 0 Å². The van der Waals surface area contributed by atoms with E-state index in [1.807, 2.05) is 4.90 Å². The maximum absolute atomic E-state index is 11.5. The second-order valence-corrected chi connectivity index (χ2v) is 5.21. The molecule has 88 valence electrons. The van der Waals surface area contributed by atoms with E-state index in [2.05, 4.69) is 32.6 Å². The first-order valence-corrected chi connectivity index (χ1v) is 5.90. The van der Waals surface area contributed by atoms with Crippen molar-refractivity contribution in [2.24, 2.45) is 0 Å². The summed E-state index contributed by atoms with van der Waals surface area (Å²) in [6, 6.07) is 0.624. The van der Waals surface area contributed by atoms with E-state index in [1.54, 1.807) is 6.92 Å². The number of rotatable bonds is 2. The fraction of sp³-hybridized carbons (Fsp3) is 0.917. The first-order valence-electron chi connectivity index (χ1n) is 5.90. The zero-order chi connectivity index (χ0) is 11.6. The average Bonchev–Trinajstić information content (AvgIpc) is 2.14. The Labute approximate surface area is 93.4 Å². The summed E-state index contributed by atoms with van der Waals surface area (Å²) in [7, 11) is 0. The highest BCUT2D eigenvalue weighted by Crippen LogP contribution is 2.22. The largest absolute Gasteiger partial charge is 0.335 e. The van der Waals surface area contributed by atoms with Crippen molar-refractivity contribution in [2.45, 2.75) is 52.6 Å². The normalized spacial score (nSPS) is 23.9. The molecule has 0 aliphatic carbocycles. The van der Waals surface area contributed by atoms with Gasteiger partial charge in [-0.3, -0.25) is 9.69 Å². The number of piperazine rings is 1. The Bertz CT molecular complexity index is 238. The van der Waals surface area contributed by atoms with E-state index in [0.717, 1.165) is 19.6 Å². The van der Waals surface area contributed by atoms with Crippen molar-refractivity contribution in [3.05, 3.63) is 0 Å². The molecule has 1 atom stereocenters. The zero-order valence-corrected chi connectivity index (χ0v) is 10.7. The molecule has 0 N–H and O–H groups in total. The lowest BCUT2D eigenvalue weighted by Gasteiger charge is -2.48. The van der Waals surface area contributed by atoms with Crippen LogP contribution in [-0.2, 0) is 4.79 Å². The number of hydrogen-bond donors (Lipinski definition) is 0. The van der Waals surface area contributed by atoms with E-state index in [4.69, 9.17) is 0 Å². The van der Waals surface area contributed by atoms with Gasteiger partial charge >= 0.3 is 0 Å². The smallest absolute Gasteiger partial charge is 0.219 e.